The van der Waals surface area contributed by atoms with Crippen molar-refractivity contribution in [2.75, 3.05) is 0 Å². The van der Waals surface area contributed by atoms with Gasteiger partial charge in [-0.1, -0.05) is 84.7 Å². The van der Waals surface area contributed by atoms with E-state index in [0.29, 0.717) is 14.5 Å². The highest BCUT2D eigenvalue weighted by molar-refractivity contribution is 8.23. The van der Waals surface area contributed by atoms with Crippen molar-refractivity contribution < 1.29 is 18.0 Å². The van der Waals surface area contributed by atoms with E-state index in [2.05, 4.69) is 34.6 Å². The molecule has 0 aliphatic heterocycles. The van der Waals surface area contributed by atoms with Crippen molar-refractivity contribution in [3.8, 4) is 0 Å². The second kappa shape index (κ2) is 18.7. The molecule has 1 aromatic rings. The molecule has 0 radical (unpaired) electrons. The number of carbonyl (C=O) groups is 1. The van der Waals surface area contributed by atoms with Crippen LogP contribution in [0.4, 0.5) is 13.2 Å². The molecule has 0 spiro atoms. The van der Waals surface area contributed by atoms with Crippen LogP contribution in [-0.4, -0.2) is 28.9 Å². The van der Waals surface area contributed by atoms with Gasteiger partial charge in [-0.3, -0.25) is 9.10 Å². The zero-order chi connectivity index (χ0) is 30.3. The first-order chi connectivity index (χ1) is 17.3. The van der Waals surface area contributed by atoms with Crippen LogP contribution in [-0.2, 0) is 6.18 Å². The maximum absolute atomic E-state index is 12.9. The maximum atomic E-state index is 12.9. The predicted molar refractivity (Wildman–Crippen MR) is 173 cm³/mol. The monoisotopic (exact) mass is 611 g/mol. The van der Waals surface area contributed by atoms with E-state index in [9.17, 15) is 18.0 Å². The molecule has 0 bridgehead atoms. The standard InChI is InChI=1S/C15H18F3NOS2.C10H20S2.C4H10/c1-9-6-11(8-12(7-9)15(16,17)18)13(20)19(14(3,4)5)22-10(2)21;1-5-7-8-10(4,6-2)12-9(3)11;1-3-4-2/h6-8H,1-5H3;5-8H2,1-4H3;3-4H2,1-2H3. The average molecular weight is 612 g/mol. The van der Waals surface area contributed by atoms with Crippen molar-refractivity contribution in [3.05, 3.63) is 34.9 Å². The molecule has 38 heavy (non-hydrogen) atoms. The lowest BCUT2D eigenvalue weighted by Crippen LogP contribution is -2.41. The number of benzene rings is 1. The van der Waals surface area contributed by atoms with Crippen molar-refractivity contribution in [1.82, 2.24) is 4.31 Å². The minimum atomic E-state index is -4.49. The van der Waals surface area contributed by atoms with E-state index in [1.54, 1.807) is 27.7 Å². The van der Waals surface area contributed by atoms with Crippen LogP contribution >= 0.6 is 48.1 Å². The van der Waals surface area contributed by atoms with Crippen molar-refractivity contribution in [2.45, 2.75) is 131 Å². The van der Waals surface area contributed by atoms with Crippen molar-refractivity contribution in [3.63, 3.8) is 0 Å². The quantitative estimate of drug-likeness (QED) is 0.225. The third-order valence-electron chi connectivity index (χ3n) is 5.36. The number of thiocarbonyl (C=S) groups is 2. The number of thioether (sulfide) groups is 1. The number of alkyl halides is 3. The number of hydrogen-bond acceptors (Lipinski definition) is 5. The van der Waals surface area contributed by atoms with Gasteiger partial charge >= 0.3 is 6.18 Å². The summed E-state index contributed by atoms with van der Waals surface area (Å²) in [6, 6.07) is 3.36. The Morgan fingerprint density at radius 1 is 0.895 bits per heavy atom. The summed E-state index contributed by atoms with van der Waals surface area (Å²) >= 11 is 13.1. The summed E-state index contributed by atoms with van der Waals surface area (Å²) in [5.74, 6) is -0.490. The normalized spacial score (nSPS) is 12.8. The lowest BCUT2D eigenvalue weighted by atomic mass is 10.0. The number of hydrogen-bond donors (Lipinski definition) is 0. The molecule has 9 heteroatoms. The molecular weight excluding hydrogens is 564 g/mol. The predicted octanol–water partition coefficient (Wildman–Crippen LogP) is 11.5. The van der Waals surface area contributed by atoms with Crippen LogP contribution in [0.15, 0.2) is 18.2 Å². The van der Waals surface area contributed by atoms with Crippen LogP contribution in [0.2, 0.25) is 0 Å². The van der Waals surface area contributed by atoms with E-state index >= 15 is 0 Å². The van der Waals surface area contributed by atoms with Gasteiger partial charge in [-0.25, -0.2) is 0 Å². The Morgan fingerprint density at radius 3 is 1.76 bits per heavy atom. The SMILES string of the molecule is CC(=S)SN(C(=O)c1cc(C)cc(C(F)(F)F)c1)C(C)(C)C.CCCC.CCCCC(C)(CC)SC(C)=S. The van der Waals surface area contributed by atoms with Crippen LogP contribution < -0.4 is 0 Å². The lowest BCUT2D eigenvalue weighted by molar-refractivity contribution is -0.137. The third-order valence-corrected chi connectivity index (χ3v) is 8.26. The van der Waals surface area contributed by atoms with E-state index in [-0.39, 0.29) is 5.56 Å². The first-order valence-electron chi connectivity index (χ1n) is 13.2. The van der Waals surface area contributed by atoms with Gasteiger partial charge in [-0.05, 0) is 90.1 Å². The Kier molecular flexibility index (Phi) is 19.4. The summed E-state index contributed by atoms with van der Waals surface area (Å²) in [7, 11) is 0. The van der Waals surface area contributed by atoms with Gasteiger partial charge in [0.25, 0.3) is 5.91 Å². The summed E-state index contributed by atoms with van der Waals surface area (Å²) in [5, 5.41) is 0. The third kappa shape index (κ3) is 17.1. The topological polar surface area (TPSA) is 20.3 Å². The molecule has 2 nitrogen and oxygen atoms in total. The first kappa shape index (κ1) is 39.5. The average Bonchev–Trinajstić information content (AvgIpc) is 2.79. The number of amides is 1. The molecule has 220 valence electrons. The lowest BCUT2D eigenvalue weighted by Gasteiger charge is -2.34. The van der Waals surface area contributed by atoms with E-state index < -0.39 is 23.2 Å². The van der Waals surface area contributed by atoms with Crippen LogP contribution in [0, 0.1) is 6.92 Å². The van der Waals surface area contributed by atoms with E-state index in [1.807, 2.05) is 18.7 Å². The Hall–Kier alpha value is -0.640. The minimum absolute atomic E-state index is 0.00556. The van der Waals surface area contributed by atoms with Gasteiger partial charge in [-0.2, -0.15) is 13.2 Å². The fourth-order valence-corrected chi connectivity index (χ4v) is 5.63. The summed E-state index contributed by atoms with van der Waals surface area (Å²) in [4.78, 5) is 12.6. The number of nitrogens with zero attached hydrogens (tertiary/aromatic N) is 1. The molecule has 0 saturated carbocycles. The Morgan fingerprint density at radius 2 is 1.42 bits per heavy atom. The fraction of sp³-hybridized carbons (Fsp3) is 0.690. The van der Waals surface area contributed by atoms with Gasteiger partial charge in [0.05, 0.1) is 9.76 Å². The highest BCUT2D eigenvalue weighted by atomic mass is 32.2. The Bertz CT molecular complexity index is 880. The van der Waals surface area contributed by atoms with Gasteiger partial charge in [0.1, 0.15) is 0 Å². The number of unbranched alkanes of at least 4 members (excludes halogenated alkanes) is 2. The molecule has 0 aliphatic rings. The fourth-order valence-electron chi connectivity index (χ4n) is 3.00. The molecule has 1 atom stereocenters. The summed E-state index contributed by atoms with van der Waals surface area (Å²) in [6.45, 7) is 21.8. The van der Waals surface area contributed by atoms with Crippen molar-refractivity contribution in [1.29, 1.82) is 0 Å². The Balaban J connectivity index is 0. The molecule has 0 N–H and O–H groups in total. The van der Waals surface area contributed by atoms with Crippen molar-refractivity contribution in [2.24, 2.45) is 0 Å². The maximum Gasteiger partial charge on any atom is 0.416 e. The van der Waals surface area contributed by atoms with Gasteiger partial charge in [0.15, 0.2) is 0 Å². The minimum Gasteiger partial charge on any atom is -0.272 e. The van der Waals surface area contributed by atoms with Crippen LogP contribution in [0.25, 0.3) is 0 Å². The van der Waals surface area contributed by atoms with Crippen LogP contribution in [0.1, 0.15) is 129 Å². The van der Waals surface area contributed by atoms with E-state index in [4.69, 9.17) is 24.4 Å². The van der Waals surface area contributed by atoms with E-state index in [1.165, 1.54) is 55.8 Å². The van der Waals surface area contributed by atoms with Gasteiger partial charge in [0.2, 0.25) is 0 Å². The van der Waals surface area contributed by atoms with Crippen molar-refractivity contribution >= 4 is 62.4 Å². The van der Waals surface area contributed by atoms with Crippen LogP contribution in [0.5, 0.6) is 0 Å². The van der Waals surface area contributed by atoms with Gasteiger partial charge < -0.3 is 0 Å². The molecule has 0 fully saturated rings. The second-order valence-corrected chi connectivity index (χ2v) is 15.1. The zero-order valence-electron chi connectivity index (χ0n) is 25.1. The number of aryl methyl sites for hydroxylation is 1. The molecule has 0 saturated heterocycles. The molecule has 0 aliphatic carbocycles. The second-order valence-electron chi connectivity index (χ2n) is 10.4. The number of carbonyl (C=O) groups excluding carboxylic acids is 1. The Labute approximate surface area is 249 Å². The largest absolute Gasteiger partial charge is 0.416 e. The molecule has 1 rings (SSSR count). The zero-order valence-corrected chi connectivity index (χ0v) is 28.4. The summed E-state index contributed by atoms with van der Waals surface area (Å²) in [6.07, 6.45) is 3.26. The molecule has 0 aromatic heterocycles. The molecule has 1 amide bonds. The molecular formula is C29H48F3NOS4. The van der Waals surface area contributed by atoms with E-state index in [0.717, 1.165) is 28.3 Å². The molecule has 1 unspecified atom stereocenters. The highest BCUT2D eigenvalue weighted by Gasteiger charge is 2.34. The smallest absolute Gasteiger partial charge is 0.272 e. The van der Waals surface area contributed by atoms with Crippen LogP contribution in [0.3, 0.4) is 0 Å². The van der Waals surface area contributed by atoms with Gasteiger partial charge in [0, 0.05) is 20.0 Å². The molecule has 1 aromatic carbocycles. The summed E-state index contributed by atoms with van der Waals surface area (Å²) in [5.41, 5.74) is -1.01. The highest BCUT2D eigenvalue weighted by Crippen LogP contribution is 2.35. The van der Waals surface area contributed by atoms with Gasteiger partial charge in [-0.15, -0.1) is 11.8 Å². The molecule has 0 heterocycles. The number of halogens is 3. The summed E-state index contributed by atoms with van der Waals surface area (Å²) < 4.78 is 42.1. The first-order valence-corrected chi connectivity index (χ1v) is 15.6. The number of rotatable bonds is 7.